The van der Waals surface area contributed by atoms with E-state index in [0.29, 0.717) is 25.6 Å². The Morgan fingerprint density at radius 1 is 1.39 bits per heavy atom. The fourth-order valence-corrected chi connectivity index (χ4v) is 2.27. The number of urea groups is 1. The lowest BCUT2D eigenvalue weighted by Gasteiger charge is -2.29. The first-order valence-electron chi connectivity index (χ1n) is 6.48. The summed E-state index contributed by atoms with van der Waals surface area (Å²) in [5.41, 5.74) is 0. The molecule has 2 aliphatic rings. The molecule has 2 amide bonds. The van der Waals surface area contributed by atoms with Gasteiger partial charge in [-0.3, -0.25) is 4.79 Å². The zero-order valence-corrected chi connectivity index (χ0v) is 10.6. The molecule has 18 heavy (non-hydrogen) atoms. The van der Waals surface area contributed by atoms with Crippen molar-refractivity contribution < 1.29 is 19.4 Å². The minimum absolute atomic E-state index is 0.175. The highest BCUT2D eigenvalue weighted by Gasteiger charge is 2.39. The number of carbonyl (C=O) groups is 2. The molecule has 2 rings (SSSR count). The quantitative estimate of drug-likeness (QED) is 0.752. The predicted molar refractivity (Wildman–Crippen MR) is 64.2 cm³/mol. The van der Waals surface area contributed by atoms with Crippen molar-refractivity contribution in [1.82, 2.24) is 10.2 Å². The zero-order valence-electron chi connectivity index (χ0n) is 10.6. The highest BCUT2D eigenvalue weighted by atomic mass is 16.5. The molecule has 0 aromatic rings. The van der Waals surface area contributed by atoms with E-state index in [1.165, 1.54) is 12.8 Å². The van der Waals surface area contributed by atoms with Crippen LogP contribution in [0.15, 0.2) is 0 Å². The molecular weight excluding hydrogens is 236 g/mol. The highest BCUT2D eigenvalue weighted by molar-refractivity contribution is 5.77. The number of carbonyl (C=O) groups excluding carboxylic acids is 1. The molecule has 2 fully saturated rings. The number of ether oxygens (including phenoxy) is 1. The summed E-state index contributed by atoms with van der Waals surface area (Å²) in [5, 5.41) is 12.0. The second kappa shape index (κ2) is 5.56. The van der Waals surface area contributed by atoms with E-state index in [-0.39, 0.29) is 18.7 Å². The van der Waals surface area contributed by atoms with Crippen molar-refractivity contribution in [3.63, 3.8) is 0 Å². The van der Waals surface area contributed by atoms with E-state index in [4.69, 9.17) is 9.84 Å². The summed E-state index contributed by atoms with van der Waals surface area (Å²) >= 11 is 0. The number of carboxylic acid groups (broad SMARTS) is 1. The molecule has 1 saturated heterocycles. The van der Waals surface area contributed by atoms with Crippen molar-refractivity contribution >= 4 is 12.0 Å². The van der Waals surface area contributed by atoms with Crippen LogP contribution in [0.4, 0.5) is 4.79 Å². The van der Waals surface area contributed by atoms with Crippen molar-refractivity contribution in [2.75, 3.05) is 26.3 Å². The zero-order chi connectivity index (χ0) is 13.1. The van der Waals surface area contributed by atoms with Gasteiger partial charge in [-0.1, -0.05) is 0 Å². The van der Waals surface area contributed by atoms with Crippen molar-refractivity contribution in [3.8, 4) is 0 Å². The molecule has 0 spiro atoms. The van der Waals surface area contributed by atoms with E-state index in [1.807, 2.05) is 6.92 Å². The number of hydrogen-bond donors (Lipinski definition) is 2. The lowest BCUT2D eigenvalue weighted by atomic mass is 10.0. The molecule has 1 aliphatic heterocycles. The SMILES string of the molecule is CCN(C(=O)NCC1CC1)C1COCC1C(=O)O. The molecule has 1 aliphatic carbocycles. The van der Waals surface area contributed by atoms with E-state index < -0.39 is 11.9 Å². The third-order valence-electron chi connectivity index (χ3n) is 3.61. The number of nitrogens with zero attached hydrogens (tertiary/aromatic N) is 1. The summed E-state index contributed by atoms with van der Waals surface area (Å²) in [7, 11) is 0. The van der Waals surface area contributed by atoms with Gasteiger partial charge in [-0.25, -0.2) is 4.79 Å². The molecular formula is C12H20N2O4. The summed E-state index contributed by atoms with van der Waals surface area (Å²) in [6, 6.07) is -0.530. The van der Waals surface area contributed by atoms with Gasteiger partial charge in [0, 0.05) is 13.1 Å². The first-order valence-corrected chi connectivity index (χ1v) is 6.48. The highest BCUT2D eigenvalue weighted by Crippen LogP contribution is 2.27. The topological polar surface area (TPSA) is 78.9 Å². The first-order chi connectivity index (χ1) is 8.63. The van der Waals surface area contributed by atoms with Gasteiger partial charge in [-0.2, -0.15) is 0 Å². The van der Waals surface area contributed by atoms with Gasteiger partial charge in [0.05, 0.1) is 19.3 Å². The lowest BCUT2D eigenvalue weighted by Crippen LogP contribution is -2.50. The van der Waals surface area contributed by atoms with Crippen molar-refractivity contribution in [2.24, 2.45) is 11.8 Å². The normalized spacial score (nSPS) is 26.9. The van der Waals surface area contributed by atoms with Gasteiger partial charge in [-0.05, 0) is 25.7 Å². The molecule has 0 bridgehead atoms. The number of nitrogens with one attached hydrogen (secondary N) is 1. The second-order valence-electron chi connectivity index (χ2n) is 4.96. The standard InChI is InChI=1S/C12H20N2O4/c1-2-14(12(17)13-5-8-3-4-8)10-7-18-6-9(10)11(15)16/h8-10H,2-7H2,1H3,(H,13,17)(H,15,16). The maximum Gasteiger partial charge on any atom is 0.317 e. The summed E-state index contributed by atoms with van der Waals surface area (Å²) in [4.78, 5) is 24.7. The maximum atomic E-state index is 12.0. The van der Waals surface area contributed by atoms with Crippen LogP contribution in [-0.4, -0.2) is 54.4 Å². The largest absolute Gasteiger partial charge is 0.481 e. The Balaban J connectivity index is 1.92. The first kappa shape index (κ1) is 13.1. The minimum atomic E-state index is -0.897. The Morgan fingerprint density at radius 2 is 2.11 bits per heavy atom. The molecule has 2 unspecified atom stereocenters. The number of aliphatic carboxylic acids is 1. The smallest absolute Gasteiger partial charge is 0.317 e. The summed E-state index contributed by atoms with van der Waals surface area (Å²) in [6.45, 7) is 3.54. The van der Waals surface area contributed by atoms with Crippen LogP contribution in [0, 0.1) is 11.8 Å². The number of likely N-dealkylation sites (N-methyl/N-ethyl adjacent to an activating group) is 1. The molecule has 1 heterocycles. The third kappa shape index (κ3) is 2.93. The van der Waals surface area contributed by atoms with Crippen molar-refractivity contribution in [1.29, 1.82) is 0 Å². The predicted octanol–water partition coefficient (Wildman–Crippen LogP) is 0.527. The Morgan fingerprint density at radius 3 is 2.67 bits per heavy atom. The van der Waals surface area contributed by atoms with E-state index >= 15 is 0 Å². The Hall–Kier alpha value is -1.30. The van der Waals surface area contributed by atoms with Crippen LogP contribution in [0.1, 0.15) is 19.8 Å². The molecule has 6 heteroatoms. The van der Waals surface area contributed by atoms with Crippen LogP contribution in [0.3, 0.4) is 0 Å². The number of rotatable bonds is 5. The molecule has 0 radical (unpaired) electrons. The summed E-state index contributed by atoms with van der Waals surface area (Å²) in [6.07, 6.45) is 2.35. The second-order valence-corrected chi connectivity index (χ2v) is 4.96. The summed E-state index contributed by atoms with van der Waals surface area (Å²) < 4.78 is 5.20. The Bertz CT molecular complexity index is 330. The van der Waals surface area contributed by atoms with Crippen LogP contribution < -0.4 is 5.32 Å². The van der Waals surface area contributed by atoms with E-state index in [0.717, 1.165) is 0 Å². The van der Waals surface area contributed by atoms with Gasteiger partial charge >= 0.3 is 12.0 Å². The minimum Gasteiger partial charge on any atom is -0.481 e. The van der Waals surface area contributed by atoms with Crippen LogP contribution in [0.25, 0.3) is 0 Å². The van der Waals surface area contributed by atoms with Gasteiger partial charge in [0.2, 0.25) is 0 Å². The molecule has 0 aromatic heterocycles. The van der Waals surface area contributed by atoms with Gasteiger partial charge in [0.1, 0.15) is 5.92 Å². The molecule has 102 valence electrons. The van der Waals surface area contributed by atoms with Crippen molar-refractivity contribution in [2.45, 2.75) is 25.8 Å². The van der Waals surface area contributed by atoms with Gasteiger partial charge in [0.15, 0.2) is 0 Å². The fourth-order valence-electron chi connectivity index (χ4n) is 2.27. The Kier molecular flexibility index (Phi) is 4.06. The maximum absolute atomic E-state index is 12.0. The van der Waals surface area contributed by atoms with E-state index in [9.17, 15) is 9.59 Å². The number of hydrogen-bond acceptors (Lipinski definition) is 3. The molecule has 6 nitrogen and oxygen atoms in total. The average molecular weight is 256 g/mol. The Labute approximate surface area is 106 Å². The monoisotopic (exact) mass is 256 g/mol. The van der Waals surface area contributed by atoms with E-state index in [1.54, 1.807) is 4.90 Å². The molecule has 0 aromatic carbocycles. The number of amides is 2. The molecule has 2 N–H and O–H groups in total. The van der Waals surface area contributed by atoms with Gasteiger partial charge < -0.3 is 20.1 Å². The number of carboxylic acids is 1. The van der Waals surface area contributed by atoms with Gasteiger partial charge in [0.25, 0.3) is 0 Å². The van der Waals surface area contributed by atoms with Crippen LogP contribution in [-0.2, 0) is 9.53 Å². The lowest BCUT2D eigenvalue weighted by molar-refractivity contribution is -0.142. The summed E-state index contributed by atoms with van der Waals surface area (Å²) in [5.74, 6) is -0.898. The van der Waals surface area contributed by atoms with E-state index in [2.05, 4.69) is 5.32 Å². The van der Waals surface area contributed by atoms with Gasteiger partial charge in [-0.15, -0.1) is 0 Å². The molecule has 2 atom stereocenters. The molecule has 1 saturated carbocycles. The van der Waals surface area contributed by atoms with Crippen molar-refractivity contribution in [3.05, 3.63) is 0 Å². The third-order valence-corrected chi connectivity index (χ3v) is 3.61. The fraction of sp³-hybridized carbons (Fsp3) is 0.833. The van der Waals surface area contributed by atoms with Crippen LogP contribution in [0.5, 0.6) is 0 Å². The van der Waals surface area contributed by atoms with Crippen LogP contribution in [0.2, 0.25) is 0 Å². The van der Waals surface area contributed by atoms with Crippen LogP contribution >= 0.6 is 0 Å². The average Bonchev–Trinajstić information content (AvgIpc) is 3.04.